The Hall–Kier alpha value is -2.88. The lowest BCUT2D eigenvalue weighted by Crippen LogP contribution is -2.30. The number of nitrogens with zero attached hydrogens (tertiary/aromatic N) is 2. The molecule has 0 bridgehead atoms. The molecule has 2 aromatic heterocycles. The second-order valence-electron chi connectivity index (χ2n) is 6.56. The van der Waals surface area contributed by atoms with Gasteiger partial charge in [0.1, 0.15) is 24.0 Å². The van der Waals surface area contributed by atoms with Crippen molar-refractivity contribution in [2.24, 2.45) is 7.05 Å². The van der Waals surface area contributed by atoms with E-state index in [-0.39, 0.29) is 12.5 Å². The van der Waals surface area contributed by atoms with Gasteiger partial charge in [0.15, 0.2) is 0 Å². The Bertz CT molecular complexity index is 1050. The average Bonchev–Trinajstić information content (AvgIpc) is 3.31. The highest BCUT2D eigenvalue weighted by atomic mass is 32.1. The summed E-state index contributed by atoms with van der Waals surface area (Å²) in [5, 5.41) is 16.3. The number of hydrogen-bond donors (Lipinski definition) is 1. The number of rotatable bonds is 3. The fourth-order valence-electron chi connectivity index (χ4n) is 3.74. The molecule has 1 N–H and O–H groups in total. The van der Waals surface area contributed by atoms with Crippen molar-refractivity contribution in [3.63, 3.8) is 0 Å². The van der Waals surface area contributed by atoms with Crippen molar-refractivity contribution >= 4 is 22.9 Å². The van der Waals surface area contributed by atoms with E-state index >= 15 is 0 Å². The number of fused-ring (bicyclic) bond motifs is 1. The Kier molecular flexibility index (Phi) is 4.34. The Morgan fingerprint density at radius 3 is 2.85 bits per heavy atom. The van der Waals surface area contributed by atoms with Gasteiger partial charge in [-0.05, 0) is 58.6 Å². The largest absolute Gasteiger partial charge is 0.356 e. The number of anilines is 1. The molecule has 1 amide bonds. The first-order chi connectivity index (χ1) is 13.1. The van der Waals surface area contributed by atoms with E-state index in [0.29, 0.717) is 12.1 Å². The third kappa shape index (κ3) is 2.76. The molecule has 3 aromatic rings. The van der Waals surface area contributed by atoms with Crippen LogP contribution in [0.15, 0.2) is 47.2 Å². The molecule has 3 heterocycles. The predicted octanol–water partition coefficient (Wildman–Crippen LogP) is 4.25. The number of thiophene rings is 1. The van der Waals surface area contributed by atoms with Gasteiger partial charge >= 0.3 is 0 Å². The lowest BCUT2D eigenvalue weighted by molar-refractivity contribution is -0.125. The van der Waals surface area contributed by atoms with Crippen molar-refractivity contribution in [3.05, 3.63) is 64.0 Å². The molecule has 1 unspecified atom stereocenters. The first-order valence-electron chi connectivity index (χ1n) is 8.76. The van der Waals surface area contributed by atoms with Gasteiger partial charge in [0.2, 0.25) is 5.91 Å². The van der Waals surface area contributed by atoms with Gasteiger partial charge in [-0.15, -0.1) is 0 Å². The molecular weight excluding hydrogens is 358 g/mol. The molecule has 27 heavy (non-hydrogen) atoms. The number of nitriles is 1. The normalized spacial score (nSPS) is 19.1. The van der Waals surface area contributed by atoms with E-state index in [9.17, 15) is 10.1 Å². The third-order valence-electron chi connectivity index (χ3n) is 5.20. The summed E-state index contributed by atoms with van der Waals surface area (Å²) in [6.45, 7) is 2.08. The summed E-state index contributed by atoms with van der Waals surface area (Å²) >= 11 is 1.61. The number of aromatic nitrogens is 1. The van der Waals surface area contributed by atoms with Gasteiger partial charge in [-0.25, -0.2) is 0 Å². The van der Waals surface area contributed by atoms with Gasteiger partial charge in [-0.2, -0.15) is 16.6 Å². The minimum atomic E-state index is -0.687. The fourth-order valence-corrected chi connectivity index (χ4v) is 4.46. The SMILES string of the molecule is CCC1(c2ccsc2)OCC(=O)Nc2ccc(-c3ccc(C#N)n3C)cc21. The van der Waals surface area contributed by atoms with Gasteiger partial charge in [-0.3, -0.25) is 4.79 Å². The van der Waals surface area contributed by atoms with Crippen LogP contribution in [-0.4, -0.2) is 17.1 Å². The van der Waals surface area contributed by atoms with Crippen LogP contribution in [0.4, 0.5) is 5.69 Å². The molecule has 1 aliphatic rings. The summed E-state index contributed by atoms with van der Waals surface area (Å²) in [6, 6.07) is 14.0. The van der Waals surface area contributed by atoms with E-state index in [2.05, 4.69) is 35.8 Å². The van der Waals surface area contributed by atoms with Crippen LogP contribution < -0.4 is 5.32 Å². The number of carbonyl (C=O) groups is 1. The van der Waals surface area contributed by atoms with Crippen LogP contribution in [0.3, 0.4) is 0 Å². The Morgan fingerprint density at radius 2 is 2.19 bits per heavy atom. The van der Waals surface area contributed by atoms with E-state index in [1.54, 1.807) is 11.3 Å². The minimum absolute atomic E-state index is 0.0104. The maximum Gasteiger partial charge on any atom is 0.250 e. The standard InChI is InChI=1S/C21H19N3O2S/c1-3-21(15-8-9-27-13-15)17-10-14(19-7-5-16(11-22)24(19)2)4-6-18(17)23-20(25)12-26-21/h4-10,13H,3,12H2,1-2H3,(H,23,25). The molecule has 5 nitrogen and oxygen atoms in total. The maximum atomic E-state index is 12.2. The summed E-state index contributed by atoms with van der Waals surface area (Å²) < 4.78 is 8.08. The average molecular weight is 377 g/mol. The van der Waals surface area contributed by atoms with E-state index in [1.165, 1.54) is 0 Å². The van der Waals surface area contributed by atoms with E-state index in [1.807, 2.05) is 41.3 Å². The van der Waals surface area contributed by atoms with E-state index < -0.39 is 5.60 Å². The van der Waals surface area contributed by atoms with E-state index in [4.69, 9.17) is 4.74 Å². The zero-order valence-corrected chi connectivity index (χ0v) is 16.0. The van der Waals surface area contributed by atoms with Crippen molar-refractivity contribution in [3.8, 4) is 17.3 Å². The second kappa shape index (κ2) is 6.69. The number of benzene rings is 1. The Morgan fingerprint density at radius 1 is 1.33 bits per heavy atom. The molecule has 4 rings (SSSR count). The first kappa shape index (κ1) is 17.5. The van der Waals surface area contributed by atoms with Crippen molar-refractivity contribution < 1.29 is 9.53 Å². The van der Waals surface area contributed by atoms with Crippen molar-refractivity contribution in [1.82, 2.24) is 4.57 Å². The van der Waals surface area contributed by atoms with Gasteiger partial charge in [0.25, 0.3) is 0 Å². The number of carbonyl (C=O) groups excluding carboxylic acids is 1. The Labute approximate surface area is 161 Å². The van der Waals surface area contributed by atoms with Crippen LogP contribution in [-0.2, 0) is 22.2 Å². The summed E-state index contributed by atoms with van der Waals surface area (Å²) in [6.07, 6.45) is 0.700. The highest BCUT2D eigenvalue weighted by molar-refractivity contribution is 7.08. The highest BCUT2D eigenvalue weighted by Gasteiger charge is 2.39. The summed E-state index contributed by atoms with van der Waals surface area (Å²) in [7, 11) is 1.88. The molecule has 0 fully saturated rings. The van der Waals surface area contributed by atoms with Crippen molar-refractivity contribution in [2.75, 3.05) is 11.9 Å². The first-order valence-corrected chi connectivity index (χ1v) is 9.70. The van der Waals surface area contributed by atoms with Crippen LogP contribution in [0.25, 0.3) is 11.3 Å². The van der Waals surface area contributed by atoms with Crippen LogP contribution in [0, 0.1) is 11.3 Å². The maximum absolute atomic E-state index is 12.2. The van der Waals surface area contributed by atoms with Gasteiger partial charge in [0.05, 0.1) is 0 Å². The number of amides is 1. The molecule has 0 spiro atoms. The second-order valence-corrected chi connectivity index (χ2v) is 7.34. The van der Waals surface area contributed by atoms with Crippen LogP contribution in [0.2, 0.25) is 0 Å². The zero-order valence-electron chi connectivity index (χ0n) is 15.2. The van der Waals surface area contributed by atoms with Crippen LogP contribution in [0.5, 0.6) is 0 Å². The van der Waals surface area contributed by atoms with Crippen LogP contribution in [0.1, 0.15) is 30.2 Å². The summed E-state index contributed by atoms with van der Waals surface area (Å²) in [5.74, 6) is -0.153. The number of nitrogens with one attached hydrogen (secondary N) is 1. The van der Waals surface area contributed by atoms with Gasteiger partial charge < -0.3 is 14.6 Å². The van der Waals surface area contributed by atoms with Gasteiger partial charge in [-0.1, -0.05) is 13.0 Å². The molecule has 1 aromatic carbocycles. The quantitative estimate of drug-likeness (QED) is 0.742. The van der Waals surface area contributed by atoms with Crippen molar-refractivity contribution in [1.29, 1.82) is 5.26 Å². The minimum Gasteiger partial charge on any atom is -0.356 e. The third-order valence-corrected chi connectivity index (χ3v) is 5.88. The van der Waals surface area contributed by atoms with E-state index in [0.717, 1.165) is 28.1 Å². The van der Waals surface area contributed by atoms with Gasteiger partial charge in [0, 0.05) is 24.0 Å². The molecule has 0 saturated heterocycles. The molecular formula is C21H19N3O2S. The van der Waals surface area contributed by atoms with Crippen LogP contribution >= 0.6 is 11.3 Å². The molecule has 0 saturated carbocycles. The Balaban J connectivity index is 1.94. The summed E-state index contributed by atoms with van der Waals surface area (Å²) in [5.41, 5.74) is 4.59. The highest BCUT2D eigenvalue weighted by Crippen LogP contribution is 2.44. The lowest BCUT2D eigenvalue weighted by atomic mass is 9.83. The molecule has 0 aliphatic carbocycles. The lowest BCUT2D eigenvalue weighted by Gasteiger charge is -2.32. The molecule has 0 radical (unpaired) electrons. The topological polar surface area (TPSA) is 67.0 Å². The predicted molar refractivity (Wildman–Crippen MR) is 106 cm³/mol. The molecule has 136 valence electrons. The number of hydrogen-bond acceptors (Lipinski definition) is 4. The zero-order chi connectivity index (χ0) is 19.0. The molecule has 1 aliphatic heterocycles. The van der Waals surface area contributed by atoms with Crippen molar-refractivity contribution in [2.45, 2.75) is 18.9 Å². The summed E-state index contributed by atoms with van der Waals surface area (Å²) in [4.78, 5) is 12.2. The smallest absolute Gasteiger partial charge is 0.250 e. The number of ether oxygens (including phenoxy) is 1. The molecule has 1 atom stereocenters. The monoisotopic (exact) mass is 377 g/mol. The fraction of sp³-hybridized carbons (Fsp3) is 0.238. The molecule has 6 heteroatoms.